The molecular weight excluding hydrogens is 329 g/mol. The molecule has 1 aromatic carbocycles. The lowest BCUT2D eigenvalue weighted by Crippen LogP contribution is -2.26. The highest BCUT2D eigenvalue weighted by molar-refractivity contribution is 5.60. The second kappa shape index (κ2) is 8.18. The lowest BCUT2D eigenvalue weighted by Gasteiger charge is -2.23. The van der Waals surface area contributed by atoms with Crippen molar-refractivity contribution in [2.24, 2.45) is 0 Å². The van der Waals surface area contributed by atoms with Gasteiger partial charge in [-0.2, -0.15) is 13.2 Å². The van der Waals surface area contributed by atoms with Gasteiger partial charge in [0.05, 0.1) is 5.56 Å². The molecule has 0 radical (unpaired) electrons. The number of benzene rings is 1. The van der Waals surface area contributed by atoms with Crippen LogP contribution in [0.15, 0.2) is 30.3 Å². The average Bonchev–Trinajstić information content (AvgIpc) is 2.54. The monoisotopic (exact) mass is 352 g/mol. The largest absolute Gasteiger partial charge is 0.416 e. The average molecular weight is 352 g/mol. The van der Waals surface area contributed by atoms with Crippen molar-refractivity contribution in [3.05, 3.63) is 41.7 Å². The van der Waals surface area contributed by atoms with Gasteiger partial charge in [0, 0.05) is 24.8 Å². The Morgan fingerprint density at radius 2 is 1.60 bits per heavy atom. The second-order valence-corrected chi connectivity index (χ2v) is 5.85. The van der Waals surface area contributed by atoms with Crippen LogP contribution in [-0.2, 0) is 6.18 Å². The van der Waals surface area contributed by atoms with E-state index >= 15 is 0 Å². The predicted molar refractivity (Wildman–Crippen MR) is 94.3 cm³/mol. The summed E-state index contributed by atoms with van der Waals surface area (Å²) in [5, 5.41) is 3.06. The summed E-state index contributed by atoms with van der Waals surface area (Å²) in [6.07, 6.45) is -2.33. The van der Waals surface area contributed by atoms with Gasteiger partial charge in [-0.3, -0.25) is 0 Å². The molecule has 7 heteroatoms. The lowest BCUT2D eigenvalue weighted by atomic mass is 10.2. The number of hydrogen-bond acceptors (Lipinski definition) is 4. The van der Waals surface area contributed by atoms with E-state index in [1.54, 1.807) is 6.92 Å². The Hall–Kier alpha value is -2.31. The first-order valence-corrected chi connectivity index (χ1v) is 8.38. The zero-order valence-electron chi connectivity index (χ0n) is 14.7. The number of nitrogens with one attached hydrogen (secondary N) is 1. The third-order valence-electron chi connectivity index (χ3n) is 3.62. The summed E-state index contributed by atoms with van der Waals surface area (Å²) in [6.45, 7) is 7.81. The minimum atomic E-state index is -4.34. The number of anilines is 3. The summed E-state index contributed by atoms with van der Waals surface area (Å²) in [5.41, 5.74) is -0.121. The van der Waals surface area contributed by atoms with Crippen LogP contribution in [0.25, 0.3) is 0 Å². The van der Waals surface area contributed by atoms with Crippen LogP contribution in [0.5, 0.6) is 0 Å². The van der Waals surface area contributed by atoms with Crippen LogP contribution in [0, 0.1) is 6.92 Å². The molecular formula is C18H23F3N4. The van der Waals surface area contributed by atoms with E-state index in [0.29, 0.717) is 17.3 Å². The molecule has 0 saturated heterocycles. The molecule has 25 heavy (non-hydrogen) atoms. The third-order valence-corrected chi connectivity index (χ3v) is 3.62. The minimum Gasteiger partial charge on any atom is -0.356 e. The molecule has 1 N–H and O–H groups in total. The summed E-state index contributed by atoms with van der Waals surface area (Å²) >= 11 is 0. The van der Waals surface area contributed by atoms with Crippen molar-refractivity contribution in [1.29, 1.82) is 0 Å². The van der Waals surface area contributed by atoms with E-state index < -0.39 is 11.7 Å². The van der Waals surface area contributed by atoms with Crippen LogP contribution in [0.3, 0.4) is 0 Å². The Bertz CT molecular complexity index is 678. The fourth-order valence-electron chi connectivity index (χ4n) is 2.55. The Balaban J connectivity index is 2.22. The molecule has 0 unspecified atom stereocenters. The molecule has 0 aliphatic heterocycles. The fraction of sp³-hybridized carbons (Fsp3) is 0.444. The van der Waals surface area contributed by atoms with E-state index in [1.165, 1.54) is 12.1 Å². The molecule has 1 aromatic heterocycles. The zero-order chi connectivity index (χ0) is 18.4. The van der Waals surface area contributed by atoms with Gasteiger partial charge in [-0.15, -0.1) is 0 Å². The van der Waals surface area contributed by atoms with Crippen molar-refractivity contribution in [3.63, 3.8) is 0 Å². The highest BCUT2D eigenvalue weighted by Gasteiger charge is 2.29. The first-order chi connectivity index (χ1) is 11.8. The molecule has 0 aliphatic carbocycles. The van der Waals surface area contributed by atoms with E-state index in [0.717, 1.165) is 43.9 Å². The molecule has 4 nitrogen and oxygen atoms in total. The van der Waals surface area contributed by atoms with Gasteiger partial charge in [-0.1, -0.05) is 13.8 Å². The van der Waals surface area contributed by atoms with Gasteiger partial charge >= 0.3 is 6.18 Å². The highest BCUT2D eigenvalue weighted by Crippen LogP contribution is 2.30. The quantitative estimate of drug-likeness (QED) is 0.746. The molecule has 0 saturated carbocycles. The Labute approximate surface area is 146 Å². The normalized spacial score (nSPS) is 11.4. The van der Waals surface area contributed by atoms with Gasteiger partial charge in [-0.05, 0) is 44.0 Å². The number of alkyl halides is 3. The van der Waals surface area contributed by atoms with Crippen LogP contribution in [0.2, 0.25) is 0 Å². The smallest absolute Gasteiger partial charge is 0.356 e. The second-order valence-electron chi connectivity index (χ2n) is 5.85. The van der Waals surface area contributed by atoms with Gasteiger partial charge < -0.3 is 10.2 Å². The van der Waals surface area contributed by atoms with Crippen molar-refractivity contribution >= 4 is 17.3 Å². The predicted octanol–water partition coefficient (Wildman–Crippen LogP) is 5.17. The first-order valence-electron chi connectivity index (χ1n) is 8.38. The molecule has 0 spiro atoms. The maximum Gasteiger partial charge on any atom is 0.416 e. The fourth-order valence-corrected chi connectivity index (χ4v) is 2.55. The van der Waals surface area contributed by atoms with Crippen LogP contribution in [0.4, 0.5) is 30.5 Å². The van der Waals surface area contributed by atoms with E-state index in [9.17, 15) is 13.2 Å². The van der Waals surface area contributed by atoms with E-state index in [4.69, 9.17) is 0 Å². The summed E-state index contributed by atoms with van der Waals surface area (Å²) in [7, 11) is 0. The maximum absolute atomic E-state index is 12.6. The maximum atomic E-state index is 12.6. The van der Waals surface area contributed by atoms with Gasteiger partial charge in [-0.25, -0.2) is 9.97 Å². The van der Waals surface area contributed by atoms with Crippen LogP contribution in [0.1, 0.15) is 38.1 Å². The van der Waals surface area contributed by atoms with Crippen LogP contribution < -0.4 is 10.2 Å². The van der Waals surface area contributed by atoms with Crippen molar-refractivity contribution in [2.75, 3.05) is 23.3 Å². The summed E-state index contributed by atoms with van der Waals surface area (Å²) < 4.78 is 37.9. The topological polar surface area (TPSA) is 41.0 Å². The number of aromatic nitrogens is 2. The van der Waals surface area contributed by atoms with E-state index in [2.05, 4.69) is 34.0 Å². The minimum absolute atomic E-state index is 0.551. The molecule has 2 rings (SSSR count). The zero-order valence-corrected chi connectivity index (χ0v) is 14.7. The number of rotatable bonds is 7. The molecule has 0 amide bonds. The third kappa shape index (κ3) is 5.34. The lowest BCUT2D eigenvalue weighted by molar-refractivity contribution is -0.137. The summed E-state index contributed by atoms with van der Waals surface area (Å²) in [6, 6.07) is 6.73. The van der Waals surface area contributed by atoms with Gasteiger partial charge in [0.2, 0.25) is 0 Å². The molecule has 1 heterocycles. The van der Waals surface area contributed by atoms with Gasteiger partial charge in [0.15, 0.2) is 0 Å². The highest BCUT2D eigenvalue weighted by atomic mass is 19.4. The molecule has 2 aromatic rings. The number of hydrogen-bond donors (Lipinski definition) is 1. The standard InChI is InChI=1S/C18H23F3N4/c1-4-10-25(11-5-2)17-12-16(22-13(3)23-17)24-15-8-6-14(7-9-15)18(19,20)21/h6-9,12H,4-5,10-11H2,1-3H3,(H,22,23,24). The SMILES string of the molecule is CCCN(CCC)c1cc(Nc2ccc(C(F)(F)F)cc2)nc(C)n1. The van der Waals surface area contributed by atoms with Gasteiger partial charge in [0.25, 0.3) is 0 Å². The van der Waals surface area contributed by atoms with Crippen molar-refractivity contribution in [1.82, 2.24) is 9.97 Å². The Morgan fingerprint density at radius 1 is 1.00 bits per heavy atom. The molecule has 136 valence electrons. The summed E-state index contributed by atoms with van der Waals surface area (Å²) in [4.78, 5) is 11.0. The van der Waals surface area contributed by atoms with Crippen molar-refractivity contribution < 1.29 is 13.2 Å². The number of halogens is 3. The Kier molecular flexibility index (Phi) is 6.22. The Morgan fingerprint density at radius 3 is 2.12 bits per heavy atom. The van der Waals surface area contributed by atoms with Crippen LogP contribution in [-0.4, -0.2) is 23.1 Å². The van der Waals surface area contributed by atoms with Gasteiger partial charge in [0.1, 0.15) is 17.5 Å². The molecule has 0 bridgehead atoms. The molecule has 0 aliphatic rings. The molecule has 0 atom stereocenters. The summed E-state index contributed by atoms with van der Waals surface area (Å²) in [5.74, 6) is 2.01. The van der Waals surface area contributed by atoms with E-state index in [-0.39, 0.29) is 0 Å². The van der Waals surface area contributed by atoms with Crippen molar-refractivity contribution in [3.8, 4) is 0 Å². The number of nitrogens with zero attached hydrogens (tertiary/aromatic N) is 3. The van der Waals surface area contributed by atoms with Crippen molar-refractivity contribution in [2.45, 2.75) is 39.8 Å². The molecule has 0 fully saturated rings. The number of aryl methyl sites for hydroxylation is 1. The first kappa shape index (κ1) is 19.0. The van der Waals surface area contributed by atoms with E-state index in [1.807, 2.05) is 6.07 Å². The van der Waals surface area contributed by atoms with Crippen LogP contribution >= 0.6 is 0 Å².